The van der Waals surface area contributed by atoms with Gasteiger partial charge in [0, 0.05) is 11.3 Å². The Morgan fingerprint density at radius 1 is 1.04 bits per heavy atom. The van der Waals surface area contributed by atoms with Gasteiger partial charge in [-0.2, -0.15) is 15.0 Å². The van der Waals surface area contributed by atoms with Crippen molar-refractivity contribution in [3.8, 4) is 22.9 Å². The van der Waals surface area contributed by atoms with Crippen molar-refractivity contribution in [2.24, 2.45) is 0 Å². The van der Waals surface area contributed by atoms with Crippen LogP contribution in [0.5, 0.6) is 11.5 Å². The van der Waals surface area contributed by atoms with E-state index in [-0.39, 0.29) is 11.0 Å². The molecule has 1 aromatic heterocycles. The van der Waals surface area contributed by atoms with E-state index in [1.165, 1.54) is 0 Å². The molecule has 7 heteroatoms. The zero-order valence-corrected chi connectivity index (χ0v) is 12.9. The van der Waals surface area contributed by atoms with Crippen molar-refractivity contribution in [2.45, 2.75) is 0 Å². The molecule has 0 atom stereocenters. The van der Waals surface area contributed by atoms with E-state index in [4.69, 9.17) is 16.3 Å². The summed E-state index contributed by atoms with van der Waals surface area (Å²) in [5.41, 5.74) is 1.49. The molecule has 6 nitrogen and oxygen atoms in total. The number of benzene rings is 2. The fourth-order valence-corrected chi connectivity index (χ4v) is 2.13. The molecule has 116 valence electrons. The number of halogens is 1. The minimum absolute atomic E-state index is 0.0825. The van der Waals surface area contributed by atoms with Crippen molar-refractivity contribution in [3.05, 3.63) is 53.8 Å². The maximum absolute atomic E-state index is 9.31. The predicted molar refractivity (Wildman–Crippen MR) is 88.2 cm³/mol. The molecule has 23 heavy (non-hydrogen) atoms. The first-order valence-electron chi connectivity index (χ1n) is 6.76. The second-order valence-corrected chi connectivity index (χ2v) is 4.99. The molecule has 0 saturated heterocycles. The van der Waals surface area contributed by atoms with Gasteiger partial charge in [-0.25, -0.2) is 0 Å². The molecular weight excluding hydrogens is 316 g/mol. The molecule has 0 aliphatic rings. The Morgan fingerprint density at radius 2 is 1.83 bits per heavy atom. The zero-order valence-electron chi connectivity index (χ0n) is 12.2. The lowest BCUT2D eigenvalue weighted by atomic mass is 10.2. The number of hydrogen-bond donors (Lipinski definition) is 2. The normalized spacial score (nSPS) is 10.3. The summed E-state index contributed by atoms with van der Waals surface area (Å²) >= 11 is 5.99. The van der Waals surface area contributed by atoms with Gasteiger partial charge in [-0.15, -0.1) is 0 Å². The number of phenolic OH excluding ortho intramolecular Hbond substituents is 1. The van der Waals surface area contributed by atoms with E-state index in [9.17, 15) is 5.11 Å². The number of aromatic hydroxyl groups is 1. The SMILES string of the molecule is COc1cccc(-c2nc(Cl)nc(Nc3ccc(O)cc3)n2)c1. The van der Waals surface area contributed by atoms with Crippen molar-refractivity contribution >= 4 is 23.2 Å². The van der Waals surface area contributed by atoms with Crippen LogP contribution in [0.4, 0.5) is 11.6 Å². The van der Waals surface area contributed by atoms with E-state index in [1.54, 1.807) is 31.4 Å². The lowest BCUT2D eigenvalue weighted by molar-refractivity contribution is 0.415. The van der Waals surface area contributed by atoms with E-state index >= 15 is 0 Å². The Morgan fingerprint density at radius 3 is 2.57 bits per heavy atom. The monoisotopic (exact) mass is 328 g/mol. The topological polar surface area (TPSA) is 80.2 Å². The molecule has 0 unspecified atom stereocenters. The van der Waals surface area contributed by atoms with Gasteiger partial charge in [0.25, 0.3) is 0 Å². The van der Waals surface area contributed by atoms with E-state index in [0.717, 1.165) is 11.3 Å². The van der Waals surface area contributed by atoms with Gasteiger partial charge in [0.1, 0.15) is 11.5 Å². The van der Waals surface area contributed by atoms with E-state index in [1.807, 2.05) is 24.3 Å². The van der Waals surface area contributed by atoms with Gasteiger partial charge in [-0.1, -0.05) is 12.1 Å². The number of aromatic nitrogens is 3. The summed E-state index contributed by atoms with van der Waals surface area (Å²) in [5, 5.41) is 12.4. The van der Waals surface area contributed by atoms with E-state index in [2.05, 4.69) is 20.3 Å². The Bertz CT molecular complexity index is 825. The van der Waals surface area contributed by atoms with Crippen molar-refractivity contribution in [1.29, 1.82) is 0 Å². The maximum atomic E-state index is 9.31. The molecule has 0 aliphatic carbocycles. The highest BCUT2D eigenvalue weighted by molar-refractivity contribution is 6.28. The minimum atomic E-state index is 0.0825. The smallest absolute Gasteiger partial charge is 0.232 e. The third kappa shape index (κ3) is 3.67. The van der Waals surface area contributed by atoms with Gasteiger partial charge in [-0.05, 0) is 48.0 Å². The number of hydrogen-bond acceptors (Lipinski definition) is 6. The first-order chi connectivity index (χ1) is 11.1. The van der Waals surface area contributed by atoms with Crippen LogP contribution in [0, 0.1) is 0 Å². The summed E-state index contributed by atoms with van der Waals surface area (Å²) in [6.07, 6.45) is 0. The summed E-state index contributed by atoms with van der Waals surface area (Å²) in [6, 6.07) is 13.9. The largest absolute Gasteiger partial charge is 0.508 e. The fourth-order valence-electron chi connectivity index (χ4n) is 1.97. The molecule has 0 amide bonds. The van der Waals surface area contributed by atoms with Crippen LogP contribution in [0.3, 0.4) is 0 Å². The van der Waals surface area contributed by atoms with Gasteiger partial charge in [0.15, 0.2) is 5.82 Å². The Labute approximate surface area is 137 Å². The van der Waals surface area contributed by atoms with Crippen LogP contribution in [0.15, 0.2) is 48.5 Å². The van der Waals surface area contributed by atoms with Crippen LogP contribution < -0.4 is 10.1 Å². The molecule has 0 aliphatic heterocycles. The van der Waals surface area contributed by atoms with Gasteiger partial charge in [0.05, 0.1) is 7.11 Å². The Balaban J connectivity index is 1.93. The molecule has 1 heterocycles. The predicted octanol–water partition coefficient (Wildman–Crippen LogP) is 3.65. The molecule has 0 radical (unpaired) electrons. The van der Waals surface area contributed by atoms with Crippen LogP contribution in [0.25, 0.3) is 11.4 Å². The molecule has 0 bridgehead atoms. The highest BCUT2D eigenvalue weighted by Crippen LogP contribution is 2.24. The van der Waals surface area contributed by atoms with Gasteiger partial charge in [0.2, 0.25) is 11.2 Å². The number of nitrogens with zero attached hydrogens (tertiary/aromatic N) is 3. The number of methoxy groups -OCH3 is 1. The quantitative estimate of drug-likeness (QED) is 0.712. The highest BCUT2D eigenvalue weighted by atomic mass is 35.5. The number of phenols is 1. The first-order valence-corrected chi connectivity index (χ1v) is 7.14. The lowest BCUT2D eigenvalue weighted by Crippen LogP contribution is -2.01. The minimum Gasteiger partial charge on any atom is -0.508 e. The molecule has 3 rings (SSSR count). The van der Waals surface area contributed by atoms with Crippen LogP contribution in [-0.4, -0.2) is 27.2 Å². The van der Waals surface area contributed by atoms with Crippen molar-refractivity contribution in [2.75, 3.05) is 12.4 Å². The third-order valence-corrected chi connectivity index (χ3v) is 3.23. The van der Waals surface area contributed by atoms with Crippen LogP contribution in [0.2, 0.25) is 5.28 Å². The molecule has 0 fully saturated rings. The van der Waals surface area contributed by atoms with E-state index in [0.29, 0.717) is 17.5 Å². The van der Waals surface area contributed by atoms with E-state index < -0.39 is 0 Å². The first kappa shape index (κ1) is 15.1. The number of ether oxygens (including phenoxy) is 1. The summed E-state index contributed by atoms with van der Waals surface area (Å²) in [4.78, 5) is 12.6. The second kappa shape index (κ2) is 6.50. The summed E-state index contributed by atoms with van der Waals surface area (Å²) in [6.45, 7) is 0. The van der Waals surface area contributed by atoms with Crippen molar-refractivity contribution in [1.82, 2.24) is 15.0 Å². The van der Waals surface area contributed by atoms with Crippen LogP contribution in [-0.2, 0) is 0 Å². The van der Waals surface area contributed by atoms with Crippen LogP contribution in [0.1, 0.15) is 0 Å². The zero-order chi connectivity index (χ0) is 16.2. The van der Waals surface area contributed by atoms with Crippen LogP contribution >= 0.6 is 11.6 Å². The Kier molecular flexibility index (Phi) is 4.25. The average Bonchev–Trinajstić information content (AvgIpc) is 2.56. The second-order valence-electron chi connectivity index (χ2n) is 4.66. The van der Waals surface area contributed by atoms with Crippen molar-refractivity contribution in [3.63, 3.8) is 0 Å². The molecule has 3 aromatic rings. The molecule has 0 spiro atoms. The average molecular weight is 329 g/mol. The lowest BCUT2D eigenvalue weighted by Gasteiger charge is -2.08. The third-order valence-electron chi connectivity index (χ3n) is 3.06. The number of rotatable bonds is 4. The summed E-state index contributed by atoms with van der Waals surface area (Å²) < 4.78 is 5.20. The van der Waals surface area contributed by atoms with Gasteiger partial charge >= 0.3 is 0 Å². The standard InChI is InChI=1S/C16H13ClN4O2/c1-23-13-4-2-3-10(9-13)14-19-15(17)21-16(20-14)18-11-5-7-12(22)8-6-11/h2-9,22H,1H3,(H,18,19,20,21). The Hall–Kier alpha value is -2.86. The van der Waals surface area contributed by atoms with Crippen molar-refractivity contribution < 1.29 is 9.84 Å². The van der Waals surface area contributed by atoms with Gasteiger partial charge in [-0.3, -0.25) is 0 Å². The highest BCUT2D eigenvalue weighted by Gasteiger charge is 2.08. The molecule has 2 N–H and O–H groups in total. The van der Waals surface area contributed by atoms with Gasteiger partial charge < -0.3 is 15.2 Å². The molecule has 0 saturated carbocycles. The summed E-state index contributed by atoms with van der Waals surface area (Å²) in [5.74, 6) is 1.63. The maximum Gasteiger partial charge on any atom is 0.232 e. The number of nitrogens with one attached hydrogen (secondary N) is 1. The fraction of sp³-hybridized carbons (Fsp3) is 0.0625. The molecule has 2 aromatic carbocycles. The summed E-state index contributed by atoms with van der Waals surface area (Å²) in [7, 11) is 1.59. The molecular formula is C16H13ClN4O2. The number of anilines is 2.